The smallest absolute Gasteiger partial charge is 0.306 e. The van der Waals surface area contributed by atoms with Crippen molar-refractivity contribution in [1.29, 1.82) is 0 Å². The van der Waals surface area contributed by atoms with Gasteiger partial charge in [-0.25, -0.2) is 9.79 Å². The molecule has 0 aromatic carbocycles. The van der Waals surface area contributed by atoms with Crippen LogP contribution in [0, 0.1) is 0 Å². The van der Waals surface area contributed by atoms with E-state index in [9.17, 15) is 18.0 Å². The number of halogens is 3. The summed E-state index contributed by atoms with van der Waals surface area (Å²) in [4.78, 5) is 20.0. The zero-order chi connectivity index (χ0) is 20.4. The second-order valence-corrected chi connectivity index (χ2v) is 8.34. The fourth-order valence-electron chi connectivity index (χ4n) is 3.64. The first-order chi connectivity index (χ1) is 13.9. The van der Waals surface area contributed by atoms with E-state index in [1.165, 1.54) is 22.9 Å². The van der Waals surface area contributed by atoms with Crippen LogP contribution in [0.1, 0.15) is 22.6 Å². The maximum Gasteiger partial charge on any atom is 0.425 e. The van der Waals surface area contributed by atoms with Gasteiger partial charge in [0.2, 0.25) is 0 Å². The van der Waals surface area contributed by atoms with Crippen molar-refractivity contribution in [2.24, 2.45) is 4.99 Å². The molecule has 10 heteroatoms. The topological polar surface area (TPSA) is 60.0 Å². The molecule has 0 saturated carbocycles. The van der Waals surface area contributed by atoms with Gasteiger partial charge >= 0.3 is 12.2 Å². The van der Waals surface area contributed by atoms with Gasteiger partial charge in [-0.3, -0.25) is 9.80 Å². The number of nitrogens with zero attached hydrogens (tertiary/aromatic N) is 3. The predicted octanol–water partition coefficient (Wildman–Crippen LogP) is 3.15. The molecule has 0 saturated heterocycles. The van der Waals surface area contributed by atoms with E-state index in [4.69, 9.17) is 0 Å². The summed E-state index contributed by atoms with van der Waals surface area (Å²) in [5.74, 6) is 0. The van der Waals surface area contributed by atoms with E-state index in [1.807, 2.05) is 0 Å². The molecule has 6 nitrogen and oxygen atoms in total. The van der Waals surface area contributed by atoms with Gasteiger partial charge in [0, 0.05) is 30.6 Å². The van der Waals surface area contributed by atoms with Gasteiger partial charge in [-0.2, -0.15) is 13.2 Å². The molecule has 0 fully saturated rings. The number of carbonyl (C=O) groups is 1. The van der Waals surface area contributed by atoms with Gasteiger partial charge in [0.15, 0.2) is 6.29 Å². The maximum atomic E-state index is 12.7. The van der Waals surface area contributed by atoms with Gasteiger partial charge in [0.1, 0.15) is 4.88 Å². The Morgan fingerprint density at radius 2 is 2.14 bits per heavy atom. The van der Waals surface area contributed by atoms with Crippen molar-refractivity contribution < 1.29 is 18.0 Å². The summed E-state index contributed by atoms with van der Waals surface area (Å²) in [6.07, 6.45) is 5.03. The first-order valence-electron chi connectivity index (χ1n) is 9.48. The van der Waals surface area contributed by atoms with Crippen LogP contribution < -0.4 is 10.6 Å². The molecule has 2 N–H and O–H groups in total. The van der Waals surface area contributed by atoms with E-state index in [0.717, 1.165) is 32.0 Å². The fourth-order valence-corrected chi connectivity index (χ4v) is 4.51. The Hall–Kier alpha value is -2.17. The minimum atomic E-state index is -4.36. The molecule has 4 rings (SSSR count). The summed E-state index contributed by atoms with van der Waals surface area (Å²) in [5.41, 5.74) is 1.39. The first kappa shape index (κ1) is 20.1. The maximum absolute atomic E-state index is 12.7. The molecule has 0 radical (unpaired) electrons. The summed E-state index contributed by atoms with van der Waals surface area (Å²) >= 11 is 0.641. The largest absolute Gasteiger partial charge is 0.425 e. The van der Waals surface area contributed by atoms with E-state index in [1.54, 1.807) is 0 Å². The lowest BCUT2D eigenvalue weighted by atomic mass is 9.96. The van der Waals surface area contributed by atoms with Crippen LogP contribution in [-0.2, 0) is 12.7 Å². The monoisotopic (exact) mass is 425 g/mol. The number of aliphatic imine (C=N–C) groups is 1. The number of alkyl halides is 3. The Labute approximate surface area is 170 Å². The van der Waals surface area contributed by atoms with Crippen molar-refractivity contribution in [3.8, 4) is 0 Å². The third kappa shape index (κ3) is 4.71. The Bertz CT molecular complexity index is 847. The van der Waals surface area contributed by atoms with E-state index in [2.05, 4.69) is 38.8 Å². The lowest BCUT2D eigenvalue weighted by Gasteiger charge is -2.36. The Morgan fingerprint density at radius 1 is 1.28 bits per heavy atom. The van der Waals surface area contributed by atoms with Crippen molar-refractivity contribution in [2.75, 3.05) is 19.6 Å². The zero-order valence-corrected chi connectivity index (χ0v) is 16.5. The van der Waals surface area contributed by atoms with Crippen LogP contribution in [0.4, 0.5) is 18.0 Å². The molecule has 0 aliphatic carbocycles. The van der Waals surface area contributed by atoms with Crippen LogP contribution in [-0.4, -0.2) is 54.1 Å². The van der Waals surface area contributed by atoms with Crippen molar-refractivity contribution >= 4 is 23.7 Å². The summed E-state index contributed by atoms with van der Waals surface area (Å²) in [5, 5.41) is 6.31. The Morgan fingerprint density at radius 3 is 2.76 bits per heavy atom. The van der Waals surface area contributed by atoms with Crippen molar-refractivity contribution in [3.05, 3.63) is 45.7 Å². The zero-order valence-electron chi connectivity index (χ0n) is 15.7. The molecule has 2 atom stereocenters. The summed E-state index contributed by atoms with van der Waals surface area (Å²) in [6, 6.07) is 2.46. The summed E-state index contributed by atoms with van der Waals surface area (Å²) in [7, 11) is 0. The molecule has 3 aliphatic rings. The van der Waals surface area contributed by atoms with Crippen molar-refractivity contribution in [1.82, 2.24) is 20.4 Å². The number of hydrogen-bond donors (Lipinski definition) is 2. The predicted molar refractivity (Wildman–Crippen MR) is 105 cm³/mol. The molecule has 1 aromatic heterocycles. The number of amides is 2. The van der Waals surface area contributed by atoms with Crippen molar-refractivity contribution in [3.63, 3.8) is 0 Å². The van der Waals surface area contributed by atoms with Gasteiger partial charge in [0.25, 0.3) is 0 Å². The van der Waals surface area contributed by atoms with E-state index in [0.29, 0.717) is 28.8 Å². The molecule has 4 heterocycles. The molecule has 0 spiro atoms. The highest BCUT2D eigenvalue weighted by Gasteiger charge is 2.33. The molecular formula is C19H22F3N5OS. The van der Waals surface area contributed by atoms with Crippen LogP contribution in [0.5, 0.6) is 0 Å². The Kier molecular flexibility index (Phi) is 5.75. The van der Waals surface area contributed by atoms with Gasteiger partial charge < -0.3 is 10.6 Å². The average molecular weight is 425 g/mol. The highest BCUT2D eigenvalue weighted by atomic mass is 32.1. The fraction of sp³-hybridized carbons (Fsp3) is 0.474. The van der Waals surface area contributed by atoms with Gasteiger partial charge in [0.05, 0.1) is 12.9 Å². The van der Waals surface area contributed by atoms with Crippen LogP contribution in [0.3, 0.4) is 0 Å². The average Bonchev–Trinajstić information content (AvgIpc) is 3.20. The normalized spacial score (nSPS) is 25.8. The number of rotatable bonds is 4. The molecule has 2 amide bonds. The molecule has 1 aromatic rings. The van der Waals surface area contributed by atoms with Crippen LogP contribution >= 0.6 is 11.3 Å². The highest BCUT2D eigenvalue weighted by molar-refractivity contribution is 7.12. The lowest BCUT2D eigenvalue weighted by molar-refractivity contribution is -0.134. The van der Waals surface area contributed by atoms with Gasteiger partial charge in [-0.1, -0.05) is 23.8 Å². The van der Waals surface area contributed by atoms with Crippen LogP contribution in [0.2, 0.25) is 0 Å². The third-order valence-electron chi connectivity index (χ3n) is 5.22. The van der Waals surface area contributed by atoms with Crippen molar-refractivity contribution in [2.45, 2.75) is 37.9 Å². The van der Waals surface area contributed by atoms with E-state index >= 15 is 0 Å². The number of hydrogen-bond acceptors (Lipinski definition) is 5. The van der Waals surface area contributed by atoms with E-state index < -0.39 is 17.3 Å². The molecule has 2 unspecified atom stereocenters. The van der Waals surface area contributed by atoms with Crippen LogP contribution in [0.15, 0.2) is 40.9 Å². The minimum absolute atomic E-state index is 0.0632. The molecule has 3 aliphatic heterocycles. The third-order valence-corrected chi connectivity index (χ3v) is 6.33. The number of carbonyl (C=O) groups excluding carboxylic acids is 1. The Balaban J connectivity index is 1.34. The van der Waals surface area contributed by atoms with Gasteiger partial charge in [-0.05, 0) is 25.0 Å². The van der Waals surface area contributed by atoms with Crippen LogP contribution in [0.25, 0.3) is 0 Å². The second kappa shape index (κ2) is 8.29. The number of urea groups is 1. The number of nitrogens with one attached hydrogen (secondary N) is 2. The molecule has 156 valence electrons. The lowest BCUT2D eigenvalue weighted by Crippen LogP contribution is -2.55. The molecular weight excluding hydrogens is 403 g/mol. The number of thiophene rings is 1. The second-order valence-electron chi connectivity index (χ2n) is 7.17. The molecule has 0 bridgehead atoms. The summed E-state index contributed by atoms with van der Waals surface area (Å²) < 4.78 is 38.2. The SMILES string of the molecule is O=C1NC(N2CC=C(C3CC=CCN3)CC2)N=CN1Cc1ccc(C(F)(F)F)s1. The first-order valence-corrected chi connectivity index (χ1v) is 10.3. The minimum Gasteiger partial charge on any atom is -0.306 e. The highest BCUT2D eigenvalue weighted by Crippen LogP contribution is 2.35. The van der Waals surface area contributed by atoms with Gasteiger partial charge in [-0.15, -0.1) is 11.3 Å². The van der Waals surface area contributed by atoms with E-state index in [-0.39, 0.29) is 12.6 Å². The summed E-state index contributed by atoms with van der Waals surface area (Å²) in [6.45, 7) is 2.43. The molecule has 29 heavy (non-hydrogen) atoms. The quantitative estimate of drug-likeness (QED) is 0.729. The standard InChI is InChI=1S/C19H22F3N5OS/c20-19(21,22)16-5-4-14(29-16)11-27-12-24-17(25-18(27)28)26-9-6-13(7-10-26)15-3-1-2-8-23-15/h1-2,4-6,12,15,17,23H,3,7-11H2,(H,25,28).